The molecule has 3 aliphatic heterocycles. The predicted octanol–water partition coefficient (Wildman–Crippen LogP) is -2.51. The van der Waals surface area contributed by atoms with E-state index in [0.29, 0.717) is 50.8 Å². The van der Waals surface area contributed by atoms with E-state index in [0.717, 1.165) is 35.0 Å². The second-order valence-corrected chi connectivity index (χ2v) is 10.5. The van der Waals surface area contributed by atoms with E-state index in [4.69, 9.17) is 14.5 Å². The summed E-state index contributed by atoms with van der Waals surface area (Å²) >= 11 is 0. The van der Waals surface area contributed by atoms with E-state index in [1.54, 1.807) is 42.7 Å². The maximum Gasteiger partial charge on any atom is 0.321 e. The number of amides is 6. The van der Waals surface area contributed by atoms with E-state index < -0.39 is 41.6 Å². The molecule has 3 heterocycles. The van der Waals surface area contributed by atoms with E-state index in [2.05, 4.69) is 20.8 Å². The summed E-state index contributed by atoms with van der Waals surface area (Å²) in [5.41, 5.74) is 6.24. The average Bonchev–Trinajstić information content (AvgIpc) is 3.83. The molecule has 0 aliphatic carbocycles. The molecule has 2 aromatic carbocycles. The van der Waals surface area contributed by atoms with Gasteiger partial charge in [0.05, 0.1) is 19.3 Å². The number of nitrogens with one attached hydrogen (secondary N) is 4. The summed E-state index contributed by atoms with van der Waals surface area (Å²) in [4.78, 5) is 82.0. The number of hydrogen-bond acceptors (Lipinski definition) is 11. The Morgan fingerprint density at radius 1 is 0.936 bits per heavy atom. The number of carbonyl (C=O) groups excluding carboxylic acids is 7. The van der Waals surface area contributed by atoms with Gasteiger partial charge in [0, 0.05) is 30.5 Å². The fraction of sp³-hybridized carbons (Fsp3) is 0.345. The van der Waals surface area contributed by atoms with Crippen LogP contribution in [0.3, 0.4) is 0 Å². The van der Waals surface area contributed by atoms with Crippen molar-refractivity contribution < 1.29 is 52.9 Å². The zero-order valence-electron chi connectivity index (χ0n) is 25.9. The number of benzene rings is 2. The van der Waals surface area contributed by atoms with Gasteiger partial charge in [-0.15, -0.1) is 5.06 Å². The summed E-state index contributed by atoms with van der Waals surface area (Å²) in [5, 5.41) is 17.4. The topological polar surface area (TPSA) is 219 Å². The largest absolute Gasteiger partial charge is 0.430 e. The summed E-state index contributed by atoms with van der Waals surface area (Å²) in [6.07, 6.45) is 1.99. The average molecular weight is 651 g/mol. The Morgan fingerprint density at radius 3 is 1.91 bits per heavy atom. The predicted molar refractivity (Wildman–Crippen MR) is 167 cm³/mol. The van der Waals surface area contributed by atoms with Crippen molar-refractivity contribution in [2.75, 3.05) is 6.54 Å². The molecule has 16 nitrogen and oxygen atoms in total. The van der Waals surface area contributed by atoms with Crippen LogP contribution in [0.5, 0.6) is 0 Å². The van der Waals surface area contributed by atoms with Gasteiger partial charge in [0.15, 0.2) is 0 Å². The molecule has 248 valence electrons. The molecule has 0 radical (unpaired) electrons. The molecule has 3 aliphatic rings. The van der Waals surface area contributed by atoms with Gasteiger partial charge in [-0.2, -0.15) is 0 Å². The number of fused-ring (bicyclic) bond motifs is 2. The van der Waals surface area contributed by atoms with E-state index >= 15 is 0 Å². The van der Waals surface area contributed by atoms with E-state index in [-0.39, 0.29) is 19.3 Å². The standard InChI is InChI=1S/C20H21B2N3O6.C5H5NO4.C4H9NO/c1-10(23-18(26)11-2-4-13-8-30-21-15(13)6-11)17(20(28)25-29)24-19(27)12-3-5-14-9-31-22-16(14)7-12;7-3-10-6-4(8)1-2-5(6)9;1-2-3-5-4-6/h2-7,10,17,21-22,29H,8-9H2,1H3,(H,23,26)(H,24,27)(H,25,28);3H,1-2H2;4H,2-3H2,1H3,(H,5,6). The van der Waals surface area contributed by atoms with Crippen LogP contribution in [0.4, 0.5) is 0 Å². The van der Waals surface area contributed by atoms with Crippen molar-refractivity contribution in [1.82, 2.24) is 26.5 Å². The van der Waals surface area contributed by atoms with Gasteiger partial charge >= 0.3 is 21.4 Å². The molecule has 5 rings (SSSR count). The van der Waals surface area contributed by atoms with E-state index in [1.807, 2.05) is 13.0 Å². The lowest BCUT2D eigenvalue weighted by molar-refractivity contribution is -0.188. The number of carbonyl (C=O) groups is 7. The Morgan fingerprint density at radius 2 is 1.47 bits per heavy atom. The van der Waals surface area contributed by atoms with Gasteiger partial charge in [-0.05, 0) is 47.5 Å². The van der Waals surface area contributed by atoms with Crippen molar-refractivity contribution in [2.45, 2.75) is 58.4 Å². The van der Waals surface area contributed by atoms with Crippen molar-refractivity contribution in [2.24, 2.45) is 0 Å². The fourth-order valence-corrected chi connectivity index (χ4v) is 4.63. The molecule has 1 saturated heterocycles. The summed E-state index contributed by atoms with van der Waals surface area (Å²) in [6, 6.07) is 8.43. The quantitative estimate of drug-likeness (QED) is 0.0427. The first-order chi connectivity index (χ1) is 22.6. The Hall–Kier alpha value is -5.06. The van der Waals surface area contributed by atoms with Crippen LogP contribution < -0.4 is 32.4 Å². The third-order valence-electron chi connectivity index (χ3n) is 7.14. The maximum absolute atomic E-state index is 12.7. The third-order valence-corrected chi connectivity index (χ3v) is 7.14. The Balaban J connectivity index is 0.000000308. The van der Waals surface area contributed by atoms with Crippen molar-refractivity contribution in [3.8, 4) is 0 Å². The Kier molecular flexibility index (Phi) is 14.1. The first-order valence-corrected chi connectivity index (χ1v) is 14.7. The number of hydrogen-bond donors (Lipinski definition) is 5. The molecule has 2 unspecified atom stereocenters. The smallest absolute Gasteiger partial charge is 0.321 e. The van der Waals surface area contributed by atoms with Crippen LogP contribution in [-0.4, -0.2) is 86.3 Å². The van der Waals surface area contributed by atoms with Gasteiger partial charge < -0.3 is 30.1 Å². The number of hydroxylamine groups is 3. The molecular formula is C29H35B2N5O11. The lowest BCUT2D eigenvalue weighted by Gasteiger charge is -2.24. The monoisotopic (exact) mass is 651 g/mol. The zero-order valence-corrected chi connectivity index (χ0v) is 25.9. The second-order valence-electron chi connectivity index (χ2n) is 10.5. The molecule has 1 fully saturated rings. The highest BCUT2D eigenvalue weighted by Crippen LogP contribution is 2.12. The molecule has 47 heavy (non-hydrogen) atoms. The van der Waals surface area contributed by atoms with Crippen LogP contribution in [0.2, 0.25) is 0 Å². The molecule has 2 atom stereocenters. The summed E-state index contributed by atoms with van der Waals surface area (Å²) in [7, 11) is 0.874. The maximum atomic E-state index is 12.7. The van der Waals surface area contributed by atoms with Crippen molar-refractivity contribution in [3.63, 3.8) is 0 Å². The highest BCUT2D eigenvalue weighted by atomic mass is 16.7. The first-order valence-electron chi connectivity index (χ1n) is 14.7. The number of rotatable bonds is 11. The van der Waals surface area contributed by atoms with Crippen LogP contribution >= 0.6 is 0 Å². The van der Waals surface area contributed by atoms with Gasteiger partial charge in [0.25, 0.3) is 29.5 Å². The minimum Gasteiger partial charge on any atom is -0.430 e. The third kappa shape index (κ3) is 10.2. The van der Waals surface area contributed by atoms with Gasteiger partial charge in [0.2, 0.25) is 6.41 Å². The second kappa shape index (κ2) is 18.2. The number of nitrogens with zero attached hydrogens (tertiary/aromatic N) is 1. The molecule has 0 bridgehead atoms. The molecular weight excluding hydrogens is 616 g/mol. The fourth-order valence-electron chi connectivity index (χ4n) is 4.63. The summed E-state index contributed by atoms with van der Waals surface area (Å²) < 4.78 is 10.7. The highest BCUT2D eigenvalue weighted by molar-refractivity contribution is 6.49. The van der Waals surface area contributed by atoms with Gasteiger partial charge in [-0.1, -0.05) is 31.2 Å². The zero-order chi connectivity index (χ0) is 34.3. The van der Waals surface area contributed by atoms with Crippen molar-refractivity contribution in [1.29, 1.82) is 0 Å². The Labute approximate surface area is 271 Å². The van der Waals surface area contributed by atoms with Crippen LogP contribution in [0, 0.1) is 0 Å². The normalized spacial score (nSPS) is 15.0. The summed E-state index contributed by atoms with van der Waals surface area (Å²) in [5.74, 6) is -2.66. The lowest BCUT2D eigenvalue weighted by Crippen LogP contribution is -2.57. The molecule has 0 aromatic heterocycles. The van der Waals surface area contributed by atoms with Gasteiger partial charge in [-0.25, -0.2) is 5.48 Å². The summed E-state index contributed by atoms with van der Waals surface area (Å²) in [6.45, 7) is 5.46. The minimum atomic E-state index is -1.19. The lowest BCUT2D eigenvalue weighted by atomic mass is 9.86. The molecule has 0 saturated carbocycles. The minimum absolute atomic E-state index is 0.0567. The van der Waals surface area contributed by atoms with E-state index in [1.165, 1.54) is 0 Å². The van der Waals surface area contributed by atoms with Crippen LogP contribution in [-0.2, 0) is 51.3 Å². The first kappa shape index (κ1) is 36.4. The molecule has 5 N–H and O–H groups in total. The SMILES string of the molecule is CC(NC(=O)c1ccc2c(c1)BOC2)C(NC(=O)c1ccc2c(c1)BOC2)C(=O)NO.CCCNC=O.O=CON1C(=O)CCC1=O. The molecule has 6 amide bonds. The van der Waals surface area contributed by atoms with Gasteiger partial charge in [-0.3, -0.25) is 38.8 Å². The van der Waals surface area contributed by atoms with Crippen molar-refractivity contribution in [3.05, 3.63) is 58.7 Å². The highest BCUT2D eigenvalue weighted by Gasteiger charge is 2.31. The molecule has 2 aromatic rings. The van der Waals surface area contributed by atoms with Crippen LogP contribution in [0.15, 0.2) is 36.4 Å². The molecule has 18 heteroatoms. The number of imide groups is 1. The van der Waals surface area contributed by atoms with Crippen LogP contribution in [0.1, 0.15) is 65.0 Å². The Bertz CT molecular complexity index is 1480. The van der Waals surface area contributed by atoms with Gasteiger partial charge in [0.1, 0.15) is 6.04 Å². The van der Waals surface area contributed by atoms with Crippen LogP contribution in [0.25, 0.3) is 0 Å². The van der Waals surface area contributed by atoms with Crippen molar-refractivity contribution >= 4 is 68.3 Å². The molecule has 0 spiro atoms. The van der Waals surface area contributed by atoms with E-state index in [9.17, 15) is 33.6 Å².